The monoisotopic (exact) mass is 244 g/mol. The maximum absolute atomic E-state index is 11.4. The molecule has 0 saturated carbocycles. The minimum absolute atomic E-state index is 0.509. The summed E-state index contributed by atoms with van der Waals surface area (Å²) < 4.78 is 5.17. The number of aliphatic imine (C=N–C) groups is 1. The molecule has 1 fully saturated rings. The molecular weight excluding hydrogens is 232 g/mol. The molecule has 0 aromatic heterocycles. The van der Waals surface area contributed by atoms with Gasteiger partial charge in [0.15, 0.2) is 0 Å². The second-order valence-electron chi connectivity index (χ2n) is 3.81. The Morgan fingerprint density at radius 2 is 2.18 bits per heavy atom. The highest BCUT2D eigenvalue weighted by Gasteiger charge is 2.58. The minimum Gasteiger partial charge on any atom is -0.394 e. The van der Waals surface area contributed by atoms with E-state index >= 15 is 0 Å². The van der Waals surface area contributed by atoms with Crippen molar-refractivity contribution in [1.29, 1.82) is 0 Å². The van der Waals surface area contributed by atoms with Crippen LogP contribution in [0.1, 0.15) is 0 Å². The highest BCUT2D eigenvalue weighted by Crippen LogP contribution is 2.34. The van der Waals surface area contributed by atoms with E-state index in [1.54, 1.807) is 0 Å². The van der Waals surface area contributed by atoms with Crippen LogP contribution in [0.15, 0.2) is 15.2 Å². The van der Waals surface area contributed by atoms with Crippen molar-refractivity contribution in [1.82, 2.24) is 0 Å². The van der Waals surface area contributed by atoms with Crippen LogP contribution in [0.3, 0.4) is 0 Å². The Labute approximate surface area is 95.6 Å². The van der Waals surface area contributed by atoms with E-state index in [-0.39, 0.29) is 0 Å². The molecule has 0 aromatic carbocycles. The predicted octanol–water partition coefficient (Wildman–Crippen LogP) is -2.86. The minimum atomic E-state index is -1.87. The fraction of sp³-hybridized carbons (Fsp3) is 0.750. The van der Waals surface area contributed by atoms with Gasteiger partial charge >= 0.3 is 0 Å². The van der Waals surface area contributed by atoms with Gasteiger partial charge in [-0.3, -0.25) is 4.79 Å². The Kier molecular flexibility index (Phi) is 2.91. The molecule has 0 spiro atoms. The number of aliphatic hydroxyl groups excluding tert-OH is 3. The summed E-state index contributed by atoms with van der Waals surface area (Å²) in [7, 11) is 0. The summed E-state index contributed by atoms with van der Waals surface area (Å²) in [6.45, 7) is -0.509. The second-order valence-corrected chi connectivity index (χ2v) is 3.81. The Morgan fingerprint density at radius 3 is 2.59 bits per heavy atom. The van der Waals surface area contributed by atoms with Crippen LogP contribution in [0.4, 0.5) is 0 Å². The van der Waals surface area contributed by atoms with Gasteiger partial charge in [0, 0.05) is 0 Å². The fourth-order valence-corrected chi connectivity index (χ4v) is 1.87. The summed E-state index contributed by atoms with van der Waals surface area (Å²) in [4.78, 5) is 15.1. The number of hydrogen-bond donors (Lipinski definition) is 4. The molecule has 94 valence electrons. The van der Waals surface area contributed by atoms with E-state index in [2.05, 4.69) is 15.2 Å². The van der Waals surface area contributed by atoms with Crippen LogP contribution in [0, 0.1) is 0 Å². The number of ether oxygens (including phenoxy) is 1. The number of primary amides is 1. The third kappa shape index (κ3) is 1.63. The largest absolute Gasteiger partial charge is 0.394 e. The van der Waals surface area contributed by atoms with Crippen LogP contribution in [-0.4, -0.2) is 64.3 Å². The van der Waals surface area contributed by atoms with Crippen molar-refractivity contribution < 1.29 is 24.9 Å². The van der Waals surface area contributed by atoms with Crippen LogP contribution in [0.2, 0.25) is 0 Å². The van der Waals surface area contributed by atoms with E-state index in [9.17, 15) is 15.0 Å². The highest BCUT2D eigenvalue weighted by molar-refractivity contribution is 5.88. The third-order valence-corrected chi connectivity index (χ3v) is 2.82. The summed E-state index contributed by atoms with van der Waals surface area (Å²) >= 11 is 0. The van der Waals surface area contributed by atoms with Crippen molar-refractivity contribution in [3.8, 4) is 0 Å². The first-order valence-electron chi connectivity index (χ1n) is 4.91. The molecule has 2 heterocycles. The number of aliphatic hydroxyl groups is 3. The molecule has 9 nitrogen and oxygen atoms in total. The number of nitrogens with zero attached hydrogens (tertiary/aromatic N) is 3. The summed E-state index contributed by atoms with van der Waals surface area (Å²) in [5, 5.41) is 35.2. The average Bonchev–Trinajstić information content (AvgIpc) is 2.87. The van der Waals surface area contributed by atoms with E-state index in [4.69, 9.17) is 15.6 Å². The van der Waals surface area contributed by atoms with E-state index in [0.29, 0.717) is 0 Å². The zero-order valence-electron chi connectivity index (χ0n) is 8.67. The third-order valence-electron chi connectivity index (χ3n) is 2.82. The van der Waals surface area contributed by atoms with Gasteiger partial charge in [-0.15, -0.1) is 10.2 Å². The Bertz CT molecular complexity index is 372. The lowest BCUT2D eigenvalue weighted by Crippen LogP contribution is -2.54. The van der Waals surface area contributed by atoms with Gasteiger partial charge in [0.25, 0.3) is 11.6 Å². The molecule has 17 heavy (non-hydrogen) atoms. The van der Waals surface area contributed by atoms with Crippen LogP contribution >= 0.6 is 0 Å². The van der Waals surface area contributed by atoms with Gasteiger partial charge in [-0.25, -0.2) is 4.99 Å². The van der Waals surface area contributed by atoms with Crippen molar-refractivity contribution in [2.24, 2.45) is 21.0 Å². The number of carbonyl (C=O) groups excluding carboxylic acids is 1. The Morgan fingerprint density at radius 1 is 1.47 bits per heavy atom. The van der Waals surface area contributed by atoms with Crippen molar-refractivity contribution in [2.75, 3.05) is 6.61 Å². The van der Waals surface area contributed by atoms with Gasteiger partial charge in [0.05, 0.1) is 6.61 Å². The second kappa shape index (κ2) is 4.11. The summed E-state index contributed by atoms with van der Waals surface area (Å²) in [5.74, 6) is -0.954. The van der Waals surface area contributed by atoms with Gasteiger partial charge in [-0.2, -0.15) is 0 Å². The SMILES string of the molecule is NC(=O)C1(C2O[C@H](CO)[C@@H](O)[C@H]2O)N=CN=N1. The van der Waals surface area contributed by atoms with Gasteiger partial charge in [-0.05, 0) is 0 Å². The van der Waals surface area contributed by atoms with Crippen molar-refractivity contribution in [3.05, 3.63) is 0 Å². The van der Waals surface area contributed by atoms with Crippen LogP contribution in [0.25, 0.3) is 0 Å². The number of rotatable bonds is 3. The number of amides is 1. The molecule has 1 saturated heterocycles. The Hall–Kier alpha value is -1.42. The molecule has 2 aliphatic heterocycles. The average molecular weight is 244 g/mol. The molecule has 0 bridgehead atoms. The molecule has 2 aliphatic rings. The van der Waals surface area contributed by atoms with E-state index in [1.807, 2.05) is 0 Å². The summed E-state index contributed by atoms with van der Waals surface area (Å²) in [6.07, 6.45) is -4.05. The molecule has 9 heteroatoms. The molecular formula is C8H12N4O5. The zero-order chi connectivity index (χ0) is 12.6. The predicted molar refractivity (Wildman–Crippen MR) is 53.0 cm³/mol. The normalized spacial score (nSPS) is 44.4. The highest BCUT2D eigenvalue weighted by atomic mass is 16.6. The van der Waals surface area contributed by atoms with Gasteiger partial charge < -0.3 is 25.8 Å². The quantitative estimate of drug-likeness (QED) is 0.421. The number of azo groups is 1. The van der Waals surface area contributed by atoms with Crippen LogP contribution in [0.5, 0.6) is 0 Å². The molecule has 0 aliphatic carbocycles. The maximum Gasteiger partial charge on any atom is 0.278 e. The smallest absolute Gasteiger partial charge is 0.278 e. The first-order valence-corrected chi connectivity index (χ1v) is 4.91. The topological polar surface area (TPSA) is 150 Å². The molecule has 2 rings (SSSR count). The molecule has 5 atom stereocenters. The lowest BCUT2D eigenvalue weighted by atomic mass is 9.97. The van der Waals surface area contributed by atoms with Crippen molar-refractivity contribution >= 4 is 12.2 Å². The number of carbonyl (C=O) groups is 1. The van der Waals surface area contributed by atoms with Crippen LogP contribution < -0.4 is 5.73 Å². The Balaban J connectivity index is 2.31. The number of nitrogens with two attached hydrogens (primary N) is 1. The lowest BCUT2D eigenvalue weighted by Gasteiger charge is -2.26. The standard InChI is InChI=1S/C8H12N4O5/c9-7(16)8(10-2-11-12-8)6-5(15)4(14)3(1-13)17-6/h2-6,13-15H,1H2,(H2,9,16)/t3-,4-,5-,6?,8?/m1/s1. The van der Waals surface area contributed by atoms with E-state index < -0.39 is 42.6 Å². The van der Waals surface area contributed by atoms with Gasteiger partial charge in [0.2, 0.25) is 0 Å². The number of hydrogen-bond acceptors (Lipinski definition) is 8. The van der Waals surface area contributed by atoms with Crippen molar-refractivity contribution in [3.63, 3.8) is 0 Å². The van der Waals surface area contributed by atoms with E-state index in [1.165, 1.54) is 0 Å². The van der Waals surface area contributed by atoms with Gasteiger partial charge in [0.1, 0.15) is 30.8 Å². The molecule has 1 amide bonds. The fourth-order valence-electron chi connectivity index (χ4n) is 1.87. The zero-order valence-corrected chi connectivity index (χ0v) is 8.67. The summed E-state index contributed by atoms with van der Waals surface area (Å²) in [6, 6.07) is 0. The first-order chi connectivity index (χ1) is 8.03. The molecule has 2 unspecified atom stereocenters. The first kappa shape index (κ1) is 12.0. The summed E-state index contributed by atoms with van der Waals surface area (Å²) in [5.41, 5.74) is 3.29. The molecule has 5 N–H and O–H groups in total. The molecule has 0 radical (unpaired) electrons. The van der Waals surface area contributed by atoms with Crippen molar-refractivity contribution in [2.45, 2.75) is 30.1 Å². The van der Waals surface area contributed by atoms with Crippen LogP contribution in [-0.2, 0) is 9.53 Å². The molecule has 0 aromatic rings. The maximum atomic E-state index is 11.4. The lowest BCUT2D eigenvalue weighted by molar-refractivity contribution is -0.131. The van der Waals surface area contributed by atoms with Gasteiger partial charge in [-0.1, -0.05) is 0 Å². The van der Waals surface area contributed by atoms with E-state index in [0.717, 1.165) is 6.34 Å².